The molecule has 0 spiro atoms. The SMILES string of the molecule is CN(C)[C@@H]1CCN(c2nc(C(F)(F)F)cs2)C1. The lowest BCUT2D eigenvalue weighted by molar-refractivity contribution is -0.140. The second-order valence-corrected chi connectivity index (χ2v) is 5.20. The summed E-state index contributed by atoms with van der Waals surface area (Å²) in [7, 11) is 3.97. The average molecular weight is 265 g/mol. The molecular formula is C10H14F3N3S. The number of rotatable bonds is 2. The molecule has 2 rings (SSSR count). The van der Waals surface area contributed by atoms with E-state index in [1.165, 1.54) is 0 Å². The molecule has 1 saturated heterocycles. The highest BCUT2D eigenvalue weighted by Gasteiger charge is 2.35. The van der Waals surface area contributed by atoms with E-state index in [0.717, 1.165) is 36.2 Å². The number of nitrogens with zero attached hydrogens (tertiary/aromatic N) is 3. The molecule has 1 aromatic rings. The highest BCUT2D eigenvalue weighted by atomic mass is 32.1. The summed E-state index contributed by atoms with van der Waals surface area (Å²) in [5.74, 6) is 0. The van der Waals surface area contributed by atoms with Crippen molar-refractivity contribution in [3.8, 4) is 0 Å². The monoisotopic (exact) mass is 265 g/mol. The van der Waals surface area contributed by atoms with Crippen LogP contribution in [0.3, 0.4) is 0 Å². The van der Waals surface area contributed by atoms with Gasteiger partial charge in [-0.3, -0.25) is 0 Å². The predicted molar refractivity (Wildman–Crippen MR) is 61.4 cm³/mol. The van der Waals surface area contributed by atoms with Gasteiger partial charge in [-0.1, -0.05) is 0 Å². The molecular weight excluding hydrogens is 251 g/mol. The molecule has 1 atom stereocenters. The van der Waals surface area contributed by atoms with Crippen molar-refractivity contribution >= 4 is 16.5 Å². The van der Waals surface area contributed by atoms with Gasteiger partial charge in [-0.2, -0.15) is 13.2 Å². The molecule has 0 unspecified atom stereocenters. The van der Waals surface area contributed by atoms with Crippen LogP contribution in [0.15, 0.2) is 5.38 Å². The fraction of sp³-hybridized carbons (Fsp3) is 0.700. The molecule has 0 amide bonds. The molecule has 1 aromatic heterocycles. The van der Waals surface area contributed by atoms with Gasteiger partial charge in [0.05, 0.1) is 0 Å². The Balaban J connectivity index is 2.07. The minimum absolute atomic E-state index is 0.397. The first kappa shape index (κ1) is 12.6. The first-order chi connectivity index (χ1) is 7.88. The molecule has 2 heterocycles. The zero-order valence-corrected chi connectivity index (χ0v) is 10.5. The van der Waals surface area contributed by atoms with Crippen LogP contribution in [0.4, 0.5) is 18.3 Å². The van der Waals surface area contributed by atoms with E-state index in [9.17, 15) is 13.2 Å². The molecule has 0 aliphatic carbocycles. The first-order valence-corrected chi connectivity index (χ1v) is 6.20. The van der Waals surface area contributed by atoms with Crippen molar-refractivity contribution in [2.24, 2.45) is 0 Å². The highest BCUT2D eigenvalue weighted by molar-refractivity contribution is 7.13. The van der Waals surface area contributed by atoms with Gasteiger partial charge >= 0.3 is 6.18 Å². The largest absolute Gasteiger partial charge is 0.434 e. The minimum Gasteiger partial charge on any atom is -0.346 e. The Morgan fingerprint density at radius 2 is 2.18 bits per heavy atom. The highest BCUT2D eigenvalue weighted by Crippen LogP contribution is 2.34. The molecule has 0 radical (unpaired) electrons. The second-order valence-electron chi connectivity index (χ2n) is 4.37. The maximum Gasteiger partial charge on any atom is 0.434 e. The molecule has 1 aliphatic rings. The quantitative estimate of drug-likeness (QED) is 0.818. The summed E-state index contributed by atoms with van der Waals surface area (Å²) in [4.78, 5) is 7.67. The summed E-state index contributed by atoms with van der Waals surface area (Å²) < 4.78 is 37.2. The number of hydrogen-bond acceptors (Lipinski definition) is 4. The number of aromatic nitrogens is 1. The third-order valence-electron chi connectivity index (χ3n) is 2.95. The Hall–Kier alpha value is -0.820. The number of hydrogen-bond donors (Lipinski definition) is 0. The van der Waals surface area contributed by atoms with Gasteiger partial charge in [-0.15, -0.1) is 11.3 Å². The van der Waals surface area contributed by atoms with Gasteiger partial charge in [-0.25, -0.2) is 4.98 Å². The van der Waals surface area contributed by atoms with E-state index in [4.69, 9.17) is 0 Å². The topological polar surface area (TPSA) is 19.4 Å². The lowest BCUT2D eigenvalue weighted by atomic mass is 10.2. The third kappa shape index (κ3) is 2.71. The molecule has 1 aliphatic heterocycles. The lowest BCUT2D eigenvalue weighted by Gasteiger charge is -2.19. The van der Waals surface area contributed by atoms with Crippen molar-refractivity contribution in [3.05, 3.63) is 11.1 Å². The summed E-state index contributed by atoms with van der Waals surface area (Å²) in [5.41, 5.74) is -0.786. The zero-order valence-electron chi connectivity index (χ0n) is 9.66. The third-order valence-corrected chi connectivity index (χ3v) is 3.85. The van der Waals surface area contributed by atoms with E-state index >= 15 is 0 Å². The maximum atomic E-state index is 12.4. The smallest absolute Gasteiger partial charge is 0.346 e. The number of alkyl halides is 3. The average Bonchev–Trinajstić information content (AvgIpc) is 2.85. The van der Waals surface area contributed by atoms with Crippen LogP contribution in [0.5, 0.6) is 0 Å². The number of halogens is 3. The standard InChI is InChI=1S/C10H14F3N3S/c1-15(2)7-3-4-16(5-7)9-14-8(6-17-9)10(11,12)13/h6-7H,3-5H2,1-2H3/t7-/m1/s1. The van der Waals surface area contributed by atoms with Gasteiger partial charge in [0.2, 0.25) is 0 Å². The summed E-state index contributed by atoms with van der Waals surface area (Å²) >= 11 is 1.06. The second kappa shape index (κ2) is 4.45. The number of thiazole rings is 1. The summed E-state index contributed by atoms with van der Waals surface area (Å²) in [5, 5.41) is 1.56. The van der Waals surface area contributed by atoms with Crippen LogP contribution in [-0.4, -0.2) is 43.1 Å². The van der Waals surface area contributed by atoms with E-state index in [1.54, 1.807) is 0 Å². The van der Waals surface area contributed by atoms with Crippen molar-refractivity contribution < 1.29 is 13.2 Å². The number of anilines is 1. The Morgan fingerprint density at radius 3 is 2.65 bits per heavy atom. The predicted octanol–water partition coefficient (Wildman–Crippen LogP) is 2.30. The van der Waals surface area contributed by atoms with E-state index in [1.807, 2.05) is 19.0 Å². The lowest BCUT2D eigenvalue weighted by Crippen LogP contribution is -2.31. The Bertz CT molecular complexity index is 388. The normalized spacial score (nSPS) is 21.5. The van der Waals surface area contributed by atoms with Crippen molar-refractivity contribution in [2.45, 2.75) is 18.6 Å². The molecule has 0 aromatic carbocycles. The molecule has 0 saturated carbocycles. The number of likely N-dealkylation sites (N-methyl/N-ethyl adjacent to an activating group) is 1. The van der Waals surface area contributed by atoms with Crippen LogP contribution in [0.1, 0.15) is 12.1 Å². The Kier molecular flexibility index (Phi) is 3.31. The van der Waals surface area contributed by atoms with E-state index < -0.39 is 11.9 Å². The summed E-state index contributed by atoms with van der Waals surface area (Å²) in [6.07, 6.45) is -3.37. The molecule has 0 N–H and O–H groups in total. The van der Waals surface area contributed by atoms with Crippen LogP contribution in [0, 0.1) is 0 Å². The van der Waals surface area contributed by atoms with E-state index in [2.05, 4.69) is 9.88 Å². The van der Waals surface area contributed by atoms with Gasteiger partial charge in [0.25, 0.3) is 0 Å². The fourth-order valence-corrected chi connectivity index (χ4v) is 2.75. The van der Waals surface area contributed by atoms with E-state index in [0.29, 0.717) is 11.2 Å². The van der Waals surface area contributed by atoms with Crippen molar-refractivity contribution in [2.75, 3.05) is 32.1 Å². The molecule has 7 heteroatoms. The first-order valence-electron chi connectivity index (χ1n) is 5.32. The summed E-state index contributed by atoms with van der Waals surface area (Å²) in [6, 6.07) is 0.397. The molecule has 1 fully saturated rings. The van der Waals surface area contributed by atoms with Gasteiger partial charge in [0, 0.05) is 24.5 Å². The Morgan fingerprint density at radius 1 is 1.47 bits per heavy atom. The minimum atomic E-state index is -4.34. The molecule has 3 nitrogen and oxygen atoms in total. The zero-order chi connectivity index (χ0) is 12.6. The molecule has 96 valence electrons. The fourth-order valence-electron chi connectivity index (χ4n) is 1.88. The van der Waals surface area contributed by atoms with Crippen LogP contribution < -0.4 is 4.90 Å². The maximum absolute atomic E-state index is 12.4. The molecule has 17 heavy (non-hydrogen) atoms. The molecule has 0 bridgehead atoms. The van der Waals surface area contributed by atoms with Crippen LogP contribution in [0.25, 0.3) is 0 Å². The van der Waals surface area contributed by atoms with Crippen molar-refractivity contribution in [1.29, 1.82) is 0 Å². The van der Waals surface area contributed by atoms with Crippen LogP contribution in [-0.2, 0) is 6.18 Å². The summed E-state index contributed by atoms with van der Waals surface area (Å²) in [6.45, 7) is 1.52. The van der Waals surface area contributed by atoms with Crippen molar-refractivity contribution in [1.82, 2.24) is 9.88 Å². The van der Waals surface area contributed by atoms with Gasteiger partial charge in [0.15, 0.2) is 10.8 Å². The van der Waals surface area contributed by atoms with Gasteiger partial charge < -0.3 is 9.80 Å². The van der Waals surface area contributed by atoms with Crippen LogP contribution in [0.2, 0.25) is 0 Å². The van der Waals surface area contributed by atoms with Crippen molar-refractivity contribution in [3.63, 3.8) is 0 Å². The Labute approximate surface area is 102 Å². The van der Waals surface area contributed by atoms with E-state index in [-0.39, 0.29) is 0 Å². The van der Waals surface area contributed by atoms with Gasteiger partial charge in [-0.05, 0) is 20.5 Å². The van der Waals surface area contributed by atoms with Crippen LogP contribution >= 0.6 is 11.3 Å². The van der Waals surface area contributed by atoms with Gasteiger partial charge in [0.1, 0.15) is 0 Å².